The molecule has 3 nitrogen and oxygen atoms in total. The topological polar surface area (TPSA) is 52.3 Å². The molecule has 0 aromatic heterocycles. The zero-order valence-corrected chi connectivity index (χ0v) is 12.4. The molecule has 2 N–H and O–H groups in total. The lowest BCUT2D eigenvalue weighted by molar-refractivity contribution is 0.103. The van der Waals surface area contributed by atoms with E-state index in [-0.39, 0.29) is 5.78 Å². The number of hydrogen-bond donors (Lipinski definition) is 1. The molecule has 0 fully saturated rings. The molecule has 0 aliphatic heterocycles. The van der Waals surface area contributed by atoms with Crippen LogP contribution in [-0.2, 0) is 0 Å². The molecule has 2 aromatic carbocycles. The Morgan fingerprint density at radius 1 is 1.20 bits per heavy atom. The molecule has 0 unspecified atom stereocenters. The lowest BCUT2D eigenvalue weighted by Crippen LogP contribution is -2.06. The normalized spacial score (nSPS) is 10.4. The van der Waals surface area contributed by atoms with E-state index in [1.165, 1.54) is 0 Å². The van der Waals surface area contributed by atoms with Crippen LogP contribution < -0.4 is 10.5 Å². The van der Waals surface area contributed by atoms with E-state index in [4.69, 9.17) is 22.1 Å². The van der Waals surface area contributed by atoms with E-state index in [1.807, 2.05) is 19.9 Å². The highest BCUT2D eigenvalue weighted by Gasteiger charge is 2.17. The standard InChI is InChI=1S/C16H16ClNO2/c1-9-4-6-12(16(20-3)10(9)2)15(19)11-5-7-14(18)13(17)8-11/h4-8H,18H2,1-3H3. The first-order valence-corrected chi connectivity index (χ1v) is 6.57. The molecular weight excluding hydrogens is 274 g/mol. The summed E-state index contributed by atoms with van der Waals surface area (Å²) in [5.41, 5.74) is 9.17. The fourth-order valence-corrected chi connectivity index (χ4v) is 2.24. The van der Waals surface area contributed by atoms with Gasteiger partial charge in [-0.25, -0.2) is 0 Å². The Labute approximate surface area is 123 Å². The van der Waals surface area contributed by atoms with Crippen LogP contribution in [0.15, 0.2) is 30.3 Å². The summed E-state index contributed by atoms with van der Waals surface area (Å²) in [5.74, 6) is 0.467. The fourth-order valence-electron chi connectivity index (χ4n) is 2.06. The number of carbonyl (C=O) groups is 1. The van der Waals surface area contributed by atoms with Gasteiger partial charge in [0.25, 0.3) is 0 Å². The van der Waals surface area contributed by atoms with E-state index in [9.17, 15) is 4.79 Å². The molecule has 4 heteroatoms. The van der Waals surface area contributed by atoms with Gasteiger partial charge in [-0.3, -0.25) is 4.79 Å². The lowest BCUT2D eigenvalue weighted by atomic mass is 9.97. The summed E-state index contributed by atoms with van der Waals surface area (Å²) in [7, 11) is 1.56. The SMILES string of the molecule is COc1c(C(=O)c2ccc(N)c(Cl)c2)ccc(C)c1C. The van der Waals surface area contributed by atoms with Gasteiger partial charge in [-0.1, -0.05) is 17.7 Å². The molecular formula is C16H16ClNO2. The van der Waals surface area contributed by atoms with Crippen LogP contribution >= 0.6 is 11.6 Å². The van der Waals surface area contributed by atoms with Gasteiger partial charge in [-0.05, 0) is 49.2 Å². The fraction of sp³-hybridized carbons (Fsp3) is 0.188. The first-order valence-electron chi connectivity index (χ1n) is 6.19. The Morgan fingerprint density at radius 2 is 1.90 bits per heavy atom. The second-order valence-electron chi connectivity index (χ2n) is 4.65. The zero-order chi connectivity index (χ0) is 14.9. The van der Waals surface area contributed by atoms with Crippen LogP contribution in [0.5, 0.6) is 5.75 Å². The molecule has 0 amide bonds. The quantitative estimate of drug-likeness (QED) is 0.691. The number of rotatable bonds is 3. The van der Waals surface area contributed by atoms with E-state index in [0.29, 0.717) is 27.6 Å². The molecule has 0 radical (unpaired) electrons. The number of benzene rings is 2. The van der Waals surface area contributed by atoms with Gasteiger partial charge in [0.05, 0.1) is 23.4 Å². The molecule has 0 atom stereocenters. The molecule has 2 aromatic rings. The van der Waals surface area contributed by atoms with E-state index in [0.717, 1.165) is 11.1 Å². The van der Waals surface area contributed by atoms with E-state index >= 15 is 0 Å². The van der Waals surface area contributed by atoms with E-state index in [1.54, 1.807) is 31.4 Å². The molecule has 0 aliphatic rings. The Hall–Kier alpha value is -2.00. The molecule has 104 valence electrons. The number of anilines is 1. The summed E-state index contributed by atoms with van der Waals surface area (Å²) in [6.45, 7) is 3.91. The average molecular weight is 290 g/mol. The molecule has 0 saturated heterocycles. The third-order valence-electron chi connectivity index (χ3n) is 3.39. The average Bonchev–Trinajstić information content (AvgIpc) is 2.44. The van der Waals surface area contributed by atoms with Gasteiger partial charge in [-0.2, -0.15) is 0 Å². The number of halogens is 1. The molecule has 2 rings (SSSR count). The highest BCUT2D eigenvalue weighted by Crippen LogP contribution is 2.29. The number of ketones is 1. The van der Waals surface area contributed by atoms with Crippen LogP contribution in [0.25, 0.3) is 0 Å². The number of aryl methyl sites for hydroxylation is 1. The number of hydrogen-bond acceptors (Lipinski definition) is 3. The Bertz CT molecular complexity index is 680. The minimum atomic E-state index is -0.133. The minimum Gasteiger partial charge on any atom is -0.496 e. The predicted molar refractivity (Wildman–Crippen MR) is 81.8 cm³/mol. The number of carbonyl (C=O) groups excluding carboxylic acids is 1. The number of ether oxygens (including phenoxy) is 1. The number of nitrogen functional groups attached to an aromatic ring is 1. The highest BCUT2D eigenvalue weighted by atomic mass is 35.5. The molecule has 0 heterocycles. The Balaban J connectivity index is 2.53. The molecule has 0 saturated carbocycles. The lowest BCUT2D eigenvalue weighted by Gasteiger charge is -2.13. The van der Waals surface area contributed by atoms with Gasteiger partial charge < -0.3 is 10.5 Å². The second-order valence-corrected chi connectivity index (χ2v) is 5.06. The van der Waals surface area contributed by atoms with Crippen molar-refractivity contribution < 1.29 is 9.53 Å². The number of nitrogens with two attached hydrogens (primary N) is 1. The highest BCUT2D eigenvalue weighted by molar-refractivity contribution is 6.33. The predicted octanol–water partition coefficient (Wildman–Crippen LogP) is 3.78. The van der Waals surface area contributed by atoms with Gasteiger partial charge >= 0.3 is 0 Å². The summed E-state index contributed by atoms with van der Waals surface area (Å²) in [4.78, 5) is 12.6. The third kappa shape index (κ3) is 2.49. The van der Waals surface area contributed by atoms with Crippen molar-refractivity contribution in [2.24, 2.45) is 0 Å². The molecule has 0 bridgehead atoms. The monoisotopic (exact) mass is 289 g/mol. The summed E-state index contributed by atoms with van der Waals surface area (Å²) in [5, 5.41) is 0.374. The van der Waals surface area contributed by atoms with Gasteiger partial charge in [0.1, 0.15) is 5.75 Å². The molecule has 0 aliphatic carbocycles. The van der Waals surface area contributed by atoms with Crippen molar-refractivity contribution >= 4 is 23.1 Å². The van der Waals surface area contributed by atoms with E-state index in [2.05, 4.69) is 0 Å². The van der Waals surface area contributed by atoms with Crippen molar-refractivity contribution in [1.82, 2.24) is 0 Å². The van der Waals surface area contributed by atoms with Crippen LogP contribution in [0, 0.1) is 13.8 Å². The van der Waals surface area contributed by atoms with Gasteiger partial charge in [0, 0.05) is 5.56 Å². The van der Waals surface area contributed by atoms with Crippen molar-refractivity contribution in [2.75, 3.05) is 12.8 Å². The maximum absolute atomic E-state index is 12.6. The second kappa shape index (κ2) is 5.55. The van der Waals surface area contributed by atoms with Crippen LogP contribution in [0.1, 0.15) is 27.0 Å². The third-order valence-corrected chi connectivity index (χ3v) is 3.72. The molecule has 0 spiro atoms. The van der Waals surface area contributed by atoms with E-state index < -0.39 is 0 Å². The first-order chi connectivity index (χ1) is 9.45. The van der Waals surface area contributed by atoms with Crippen molar-refractivity contribution in [3.8, 4) is 5.75 Å². The zero-order valence-electron chi connectivity index (χ0n) is 11.7. The minimum absolute atomic E-state index is 0.133. The largest absolute Gasteiger partial charge is 0.496 e. The molecule has 20 heavy (non-hydrogen) atoms. The number of methoxy groups -OCH3 is 1. The van der Waals surface area contributed by atoms with Crippen LogP contribution in [0.4, 0.5) is 5.69 Å². The van der Waals surface area contributed by atoms with Gasteiger partial charge in [0.15, 0.2) is 5.78 Å². The summed E-state index contributed by atoms with van der Waals surface area (Å²) in [6, 6.07) is 8.55. The maximum atomic E-state index is 12.6. The van der Waals surface area contributed by atoms with Crippen molar-refractivity contribution in [3.63, 3.8) is 0 Å². The Kier molecular flexibility index (Phi) is 4.00. The van der Waals surface area contributed by atoms with Crippen molar-refractivity contribution in [1.29, 1.82) is 0 Å². The first kappa shape index (κ1) is 14.4. The summed E-state index contributed by atoms with van der Waals surface area (Å²) >= 11 is 5.97. The van der Waals surface area contributed by atoms with Crippen molar-refractivity contribution in [3.05, 3.63) is 57.6 Å². The summed E-state index contributed by atoms with van der Waals surface area (Å²) < 4.78 is 5.38. The van der Waals surface area contributed by atoms with Crippen LogP contribution in [-0.4, -0.2) is 12.9 Å². The maximum Gasteiger partial charge on any atom is 0.196 e. The van der Waals surface area contributed by atoms with Crippen LogP contribution in [0.3, 0.4) is 0 Å². The van der Waals surface area contributed by atoms with Gasteiger partial charge in [0.2, 0.25) is 0 Å². The Morgan fingerprint density at radius 3 is 2.50 bits per heavy atom. The van der Waals surface area contributed by atoms with Crippen LogP contribution in [0.2, 0.25) is 5.02 Å². The van der Waals surface area contributed by atoms with Crippen molar-refractivity contribution in [2.45, 2.75) is 13.8 Å². The smallest absolute Gasteiger partial charge is 0.196 e. The summed E-state index contributed by atoms with van der Waals surface area (Å²) in [6.07, 6.45) is 0. The van der Waals surface area contributed by atoms with Gasteiger partial charge in [-0.15, -0.1) is 0 Å².